The first-order valence-corrected chi connectivity index (χ1v) is 12.7. The fourth-order valence-corrected chi connectivity index (χ4v) is 6.95. The number of aromatic nitrogens is 3. The van der Waals surface area contributed by atoms with Crippen LogP contribution in [0.15, 0.2) is 54.2 Å². The Kier molecular flexibility index (Phi) is 4.88. The molecule has 0 bridgehead atoms. The van der Waals surface area contributed by atoms with Crippen LogP contribution < -0.4 is 0 Å². The highest BCUT2D eigenvalue weighted by Gasteiger charge is 2.29. The Morgan fingerprint density at radius 3 is 2.72 bits per heavy atom. The van der Waals surface area contributed by atoms with Crippen molar-refractivity contribution in [3.63, 3.8) is 0 Å². The predicted octanol–water partition coefficient (Wildman–Crippen LogP) is 6.87. The van der Waals surface area contributed by atoms with E-state index >= 15 is 0 Å². The maximum absolute atomic E-state index is 11.9. The first kappa shape index (κ1) is 19.8. The van der Waals surface area contributed by atoms with Gasteiger partial charge in [-0.1, -0.05) is 49.6 Å². The molecule has 0 amide bonds. The summed E-state index contributed by atoms with van der Waals surface area (Å²) in [5, 5.41) is 11.8. The molecule has 0 unspecified atom stereocenters. The van der Waals surface area contributed by atoms with Crippen molar-refractivity contribution in [1.82, 2.24) is 14.0 Å². The monoisotopic (exact) mass is 461 g/mol. The van der Waals surface area contributed by atoms with Gasteiger partial charge in [-0.3, -0.25) is 4.40 Å². The van der Waals surface area contributed by atoms with E-state index in [4.69, 9.17) is 4.98 Å². The number of benzene rings is 1. The molecule has 7 heteroatoms. The second-order valence-electron chi connectivity index (χ2n) is 8.50. The zero-order valence-electron chi connectivity index (χ0n) is 17.5. The molecule has 162 valence electrons. The number of carbonyl (C=O) groups is 1. The van der Waals surface area contributed by atoms with Crippen molar-refractivity contribution in [3.05, 3.63) is 70.3 Å². The number of hydrogen-bond donors (Lipinski definition) is 1. The van der Waals surface area contributed by atoms with Crippen LogP contribution in [0.2, 0.25) is 0 Å². The number of aromatic carboxylic acids is 1. The molecule has 0 spiro atoms. The topological polar surface area (TPSA) is 59.5 Å². The molecule has 1 fully saturated rings. The van der Waals surface area contributed by atoms with Crippen LogP contribution in [-0.2, 0) is 6.54 Å². The van der Waals surface area contributed by atoms with Crippen LogP contribution in [-0.4, -0.2) is 25.0 Å². The van der Waals surface area contributed by atoms with E-state index in [0.717, 1.165) is 20.9 Å². The Balaban J connectivity index is 1.60. The number of rotatable bonds is 5. The van der Waals surface area contributed by atoms with E-state index in [-0.39, 0.29) is 0 Å². The molecule has 0 aliphatic heterocycles. The van der Waals surface area contributed by atoms with E-state index in [2.05, 4.69) is 39.4 Å². The van der Waals surface area contributed by atoms with Crippen molar-refractivity contribution in [2.75, 3.05) is 0 Å². The third kappa shape index (κ3) is 3.27. The lowest BCUT2D eigenvalue weighted by molar-refractivity contribution is 0.0702. The maximum Gasteiger partial charge on any atom is 0.345 e. The second-order valence-corrected chi connectivity index (χ2v) is 10.4. The molecule has 4 aromatic heterocycles. The highest BCUT2D eigenvalue weighted by molar-refractivity contribution is 7.21. The van der Waals surface area contributed by atoms with Crippen molar-refractivity contribution in [2.24, 2.45) is 0 Å². The maximum atomic E-state index is 11.9. The molecule has 1 aliphatic carbocycles. The van der Waals surface area contributed by atoms with Crippen LogP contribution >= 0.6 is 22.7 Å². The molecule has 32 heavy (non-hydrogen) atoms. The number of fused-ring (bicyclic) bond motifs is 2. The molecule has 5 nitrogen and oxygen atoms in total. The summed E-state index contributed by atoms with van der Waals surface area (Å²) in [5.74, 6) is -0.385. The Hall–Kier alpha value is -2.90. The van der Waals surface area contributed by atoms with Gasteiger partial charge in [-0.05, 0) is 36.0 Å². The smallest absolute Gasteiger partial charge is 0.345 e. The molecule has 1 aromatic carbocycles. The Bertz CT molecular complexity index is 1390. The van der Waals surface area contributed by atoms with Crippen LogP contribution in [0.4, 0.5) is 0 Å². The lowest BCUT2D eigenvalue weighted by atomic mass is 9.83. The number of hydrogen-bond acceptors (Lipinski definition) is 4. The molecule has 1 saturated carbocycles. The molecular weight excluding hydrogens is 438 g/mol. The first-order valence-electron chi connectivity index (χ1n) is 11.0. The van der Waals surface area contributed by atoms with Gasteiger partial charge in [0.05, 0.1) is 28.1 Å². The summed E-state index contributed by atoms with van der Waals surface area (Å²) >= 11 is 3.05. The number of thiazole rings is 1. The average molecular weight is 462 g/mol. The summed E-state index contributed by atoms with van der Waals surface area (Å²) in [6.45, 7) is 0.623. The van der Waals surface area contributed by atoms with E-state index in [0.29, 0.717) is 17.3 Å². The zero-order valence-corrected chi connectivity index (χ0v) is 19.2. The van der Waals surface area contributed by atoms with Crippen molar-refractivity contribution in [3.8, 4) is 11.3 Å². The number of thiophene rings is 1. The minimum Gasteiger partial charge on any atom is -0.477 e. The molecule has 6 rings (SSSR count). The molecule has 0 saturated heterocycles. The van der Waals surface area contributed by atoms with Gasteiger partial charge in [0.15, 0.2) is 4.96 Å². The van der Waals surface area contributed by atoms with E-state index < -0.39 is 5.97 Å². The van der Waals surface area contributed by atoms with Crippen LogP contribution in [0.5, 0.6) is 0 Å². The standard InChI is InChI=1S/C25H23N3O2S2/c29-24(30)20-13-19-23(32-20)21(16-7-3-1-4-8-16)22(17-9-5-2-6-10-17)28(19)15-18-14-27-11-12-31-25(27)26-18/h2,5-6,9-14,16H,1,3-4,7-8,15H2,(H,29,30). The summed E-state index contributed by atoms with van der Waals surface area (Å²) in [4.78, 5) is 18.1. The van der Waals surface area contributed by atoms with Crippen molar-refractivity contribution in [1.29, 1.82) is 0 Å². The number of nitrogens with zero attached hydrogens (tertiary/aromatic N) is 3. The van der Waals surface area contributed by atoms with E-state index in [9.17, 15) is 9.90 Å². The molecule has 0 radical (unpaired) electrons. The molecular formula is C25H23N3O2S2. The van der Waals surface area contributed by atoms with Crippen LogP contribution in [0.25, 0.3) is 26.4 Å². The van der Waals surface area contributed by atoms with E-state index in [1.807, 2.05) is 23.7 Å². The van der Waals surface area contributed by atoms with Gasteiger partial charge in [0.1, 0.15) is 4.88 Å². The van der Waals surface area contributed by atoms with E-state index in [1.54, 1.807) is 11.3 Å². The molecule has 0 atom stereocenters. The number of carboxylic acids is 1. The lowest BCUT2D eigenvalue weighted by Gasteiger charge is -2.23. The molecule has 1 aliphatic rings. The molecule has 4 heterocycles. The van der Waals surface area contributed by atoms with E-state index in [1.165, 1.54) is 60.3 Å². The molecule has 1 N–H and O–H groups in total. The van der Waals surface area contributed by atoms with Crippen LogP contribution in [0.3, 0.4) is 0 Å². The fraction of sp³-hybridized carbons (Fsp3) is 0.280. The highest BCUT2D eigenvalue weighted by atomic mass is 32.1. The Morgan fingerprint density at radius 1 is 1.16 bits per heavy atom. The lowest BCUT2D eigenvalue weighted by Crippen LogP contribution is -2.08. The summed E-state index contributed by atoms with van der Waals surface area (Å²) in [6.07, 6.45) is 10.2. The Morgan fingerprint density at radius 2 is 1.97 bits per heavy atom. The van der Waals surface area contributed by atoms with Gasteiger partial charge in [-0.15, -0.1) is 22.7 Å². The van der Waals surface area contributed by atoms with Crippen LogP contribution in [0.1, 0.15) is 59.0 Å². The van der Waals surface area contributed by atoms with Gasteiger partial charge in [-0.25, -0.2) is 9.78 Å². The largest absolute Gasteiger partial charge is 0.477 e. The van der Waals surface area contributed by atoms with Gasteiger partial charge in [0, 0.05) is 17.8 Å². The van der Waals surface area contributed by atoms with Gasteiger partial charge < -0.3 is 9.67 Å². The average Bonchev–Trinajstić information content (AvgIpc) is 3.56. The predicted molar refractivity (Wildman–Crippen MR) is 130 cm³/mol. The van der Waals surface area contributed by atoms with Crippen molar-refractivity contribution < 1.29 is 9.90 Å². The van der Waals surface area contributed by atoms with Crippen molar-refractivity contribution >= 4 is 43.8 Å². The Labute approximate surface area is 193 Å². The van der Waals surface area contributed by atoms with Crippen molar-refractivity contribution in [2.45, 2.75) is 44.6 Å². The minimum absolute atomic E-state index is 0.409. The zero-order chi connectivity index (χ0) is 21.7. The van der Waals surface area contributed by atoms with Gasteiger partial charge >= 0.3 is 5.97 Å². The SMILES string of the molecule is O=C(O)c1cc2c(s1)c(C1CCCCC1)c(-c1ccccc1)n2Cc1cn2ccsc2n1. The highest BCUT2D eigenvalue weighted by Crippen LogP contribution is 2.47. The minimum atomic E-state index is -0.851. The van der Waals surface area contributed by atoms with Gasteiger partial charge in [0.2, 0.25) is 0 Å². The molecule has 5 aromatic rings. The number of carboxylic acid groups (broad SMARTS) is 1. The third-order valence-electron chi connectivity index (χ3n) is 6.51. The summed E-state index contributed by atoms with van der Waals surface area (Å²) in [6, 6.07) is 12.4. The summed E-state index contributed by atoms with van der Waals surface area (Å²) < 4.78 is 5.50. The normalized spacial score (nSPS) is 15.1. The van der Waals surface area contributed by atoms with Gasteiger partial charge in [-0.2, -0.15) is 0 Å². The fourth-order valence-electron chi connectivity index (χ4n) is 5.11. The third-order valence-corrected chi connectivity index (χ3v) is 8.42. The summed E-state index contributed by atoms with van der Waals surface area (Å²) in [5.41, 5.74) is 5.76. The number of imidazole rings is 1. The quantitative estimate of drug-likeness (QED) is 0.311. The first-order chi connectivity index (χ1) is 15.7. The summed E-state index contributed by atoms with van der Waals surface area (Å²) in [7, 11) is 0. The van der Waals surface area contributed by atoms with Crippen LogP contribution in [0, 0.1) is 0 Å². The van der Waals surface area contributed by atoms with Gasteiger partial charge in [0.25, 0.3) is 0 Å². The second kappa shape index (κ2) is 7.90.